The number of hydrogen-bond donors (Lipinski definition) is 2. The van der Waals surface area contributed by atoms with Gasteiger partial charge < -0.3 is 16.0 Å². The molecule has 2 amide bonds. The van der Waals surface area contributed by atoms with Crippen molar-refractivity contribution in [1.82, 2.24) is 5.32 Å². The van der Waals surface area contributed by atoms with Crippen LogP contribution in [-0.4, -0.2) is 30.9 Å². The minimum Gasteiger partial charge on any atom is -0.345 e. The zero-order chi connectivity index (χ0) is 19.3. The van der Waals surface area contributed by atoms with Gasteiger partial charge >= 0.3 is 0 Å². The Morgan fingerprint density at radius 1 is 1.07 bits per heavy atom. The molecule has 5 nitrogen and oxygen atoms in total. The maximum Gasteiger partial charge on any atom is 0.258 e. The average Bonchev–Trinajstić information content (AvgIpc) is 2.67. The summed E-state index contributed by atoms with van der Waals surface area (Å²) >= 11 is 0. The number of benzene rings is 2. The van der Waals surface area contributed by atoms with Crippen LogP contribution in [0.15, 0.2) is 54.6 Å². The van der Waals surface area contributed by atoms with E-state index in [0.29, 0.717) is 17.7 Å². The lowest BCUT2D eigenvalue weighted by Gasteiger charge is -2.33. The van der Waals surface area contributed by atoms with Gasteiger partial charge in [0.2, 0.25) is 0 Å². The number of nitrogens with two attached hydrogens (primary N) is 1. The van der Waals surface area contributed by atoms with Gasteiger partial charge in [-0.3, -0.25) is 9.59 Å². The molecule has 0 aliphatic heterocycles. The molecule has 0 bridgehead atoms. The smallest absolute Gasteiger partial charge is 0.258 e. The molecule has 0 saturated carbocycles. The predicted octanol–water partition coefficient (Wildman–Crippen LogP) is 3.49. The minimum atomic E-state index is -0.502. The molecule has 0 radical (unpaired) electrons. The van der Waals surface area contributed by atoms with Gasteiger partial charge in [0.1, 0.15) is 0 Å². The van der Waals surface area contributed by atoms with Gasteiger partial charge in [-0.25, -0.2) is 0 Å². The van der Waals surface area contributed by atoms with Crippen molar-refractivity contribution in [3.63, 3.8) is 0 Å². The number of hydrogen-bond acceptors (Lipinski definition) is 3. The van der Waals surface area contributed by atoms with E-state index in [0.717, 1.165) is 5.69 Å². The molecule has 146 valence electrons. The van der Waals surface area contributed by atoms with Crippen LogP contribution in [0.3, 0.4) is 0 Å². The van der Waals surface area contributed by atoms with Crippen LogP contribution in [0.5, 0.6) is 0 Å². The standard InChI is InChI=1S/C21H27N3O2.ClH/c1-15(2)21(3,14-22)23-19(25)16-9-8-10-17(13-16)20(26)24(4)18-11-6-5-7-12-18;/h5-13,15H,14,22H2,1-4H3,(H,23,25);1H. The number of nitrogens with one attached hydrogen (secondary N) is 1. The molecule has 0 spiro atoms. The summed E-state index contributed by atoms with van der Waals surface area (Å²) in [6, 6.07) is 16.1. The summed E-state index contributed by atoms with van der Waals surface area (Å²) < 4.78 is 0. The quantitative estimate of drug-likeness (QED) is 0.794. The fraction of sp³-hybridized carbons (Fsp3) is 0.333. The molecule has 3 N–H and O–H groups in total. The van der Waals surface area contributed by atoms with Crippen LogP contribution < -0.4 is 16.0 Å². The number of halogens is 1. The third kappa shape index (κ3) is 5.31. The topological polar surface area (TPSA) is 75.4 Å². The Labute approximate surface area is 167 Å². The molecule has 1 atom stereocenters. The zero-order valence-corrected chi connectivity index (χ0v) is 17.0. The van der Waals surface area contributed by atoms with Gasteiger partial charge in [0.25, 0.3) is 11.8 Å². The van der Waals surface area contributed by atoms with Crippen molar-refractivity contribution in [2.75, 3.05) is 18.5 Å². The Balaban J connectivity index is 0.00000364. The van der Waals surface area contributed by atoms with Crippen molar-refractivity contribution in [2.45, 2.75) is 26.3 Å². The molecule has 27 heavy (non-hydrogen) atoms. The Bertz CT molecular complexity index is 780. The normalized spacial score (nSPS) is 12.7. The summed E-state index contributed by atoms with van der Waals surface area (Å²) in [6.45, 7) is 6.29. The van der Waals surface area contributed by atoms with E-state index in [2.05, 4.69) is 5.32 Å². The molecular weight excluding hydrogens is 362 g/mol. The highest BCUT2D eigenvalue weighted by molar-refractivity contribution is 6.07. The number of carbonyl (C=O) groups is 2. The maximum atomic E-state index is 12.7. The number of anilines is 1. The van der Waals surface area contributed by atoms with Crippen LogP contribution in [-0.2, 0) is 0 Å². The van der Waals surface area contributed by atoms with Crippen LogP contribution in [0.2, 0.25) is 0 Å². The molecule has 0 aliphatic carbocycles. The first-order valence-electron chi connectivity index (χ1n) is 8.74. The number of para-hydroxylation sites is 1. The molecule has 0 aliphatic rings. The van der Waals surface area contributed by atoms with Gasteiger partial charge in [-0.15, -0.1) is 12.4 Å². The fourth-order valence-electron chi connectivity index (χ4n) is 2.52. The Morgan fingerprint density at radius 2 is 1.67 bits per heavy atom. The van der Waals surface area contributed by atoms with Crippen molar-refractivity contribution in [3.8, 4) is 0 Å². The van der Waals surface area contributed by atoms with Crippen molar-refractivity contribution in [1.29, 1.82) is 0 Å². The second-order valence-electron chi connectivity index (χ2n) is 7.01. The lowest BCUT2D eigenvalue weighted by Crippen LogP contribution is -2.55. The molecule has 2 rings (SSSR count). The number of nitrogens with zero attached hydrogens (tertiary/aromatic N) is 1. The van der Waals surface area contributed by atoms with Crippen LogP contribution in [0.4, 0.5) is 5.69 Å². The summed E-state index contributed by atoms with van der Waals surface area (Å²) in [5.74, 6) is -0.217. The molecule has 1 unspecified atom stereocenters. The number of rotatable bonds is 6. The van der Waals surface area contributed by atoms with E-state index in [4.69, 9.17) is 5.73 Å². The van der Waals surface area contributed by atoms with Crippen molar-refractivity contribution < 1.29 is 9.59 Å². The highest BCUT2D eigenvalue weighted by Crippen LogP contribution is 2.18. The average molecular weight is 390 g/mol. The SMILES string of the molecule is CC(C)C(C)(CN)NC(=O)c1cccc(C(=O)N(C)c2ccccc2)c1.Cl. The van der Waals surface area contributed by atoms with Crippen molar-refractivity contribution in [3.05, 3.63) is 65.7 Å². The maximum absolute atomic E-state index is 12.7. The van der Waals surface area contributed by atoms with Gasteiger partial charge in [-0.1, -0.05) is 38.1 Å². The Hall–Kier alpha value is -2.37. The Kier molecular flexibility index (Phi) is 8.00. The third-order valence-electron chi connectivity index (χ3n) is 4.92. The van der Waals surface area contributed by atoms with Crippen LogP contribution >= 0.6 is 12.4 Å². The molecular formula is C21H28ClN3O2. The van der Waals surface area contributed by atoms with Crippen LogP contribution in [0, 0.1) is 5.92 Å². The van der Waals surface area contributed by atoms with Gasteiger partial charge in [0.05, 0.1) is 5.54 Å². The van der Waals surface area contributed by atoms with Crippen LogP contribution in [0.25, 0.3) is 0 Å². The van der Waals surface area contributed by atoms with Crippen molar-refractivity contribution >= 4 is 29.9 Å². The Morgan fingerprint density at radius 3 is 2.22 bits per heavy atom. The minimum absolute atomic E-state index is 0. The lowest BCUT2D eigenvalue weighted by atomic mass is 9.88. The van der Waals surface area contributed by atoms with Crippen molar-refractivity contribution in [2.24, 2.45) is 11.7 Å². The monoisotopic (exact) mass is 389 g/mol. The van der Waals surface area contributed by atoms with E-state index < -0.39 is 5.54 Å². The number of carbonyl (C=O) groups excluding carboxylic acids is 2. The molecule has 0 saturated heterocycles. The van der Waals surface area contributed by atoms with E-state index in [1.807, 2.05) is 51.1 Å². The van der Waals surface area contributed by atoms with E-state index in [-0.39, 0.29) is 30.1 Å². The second kappa shape index (κ2) is 9.53. The first-order valence-corrected chi connectivity index (χ1v) is 8.74. The summed E-state index contributed by atoms with van der Waals surface area (Å²) in [7, 11) is 1.72. The first kappa shape index (κ1) is 22.7. The fourth-order valence-corrected chi connectivity index (χ4v) is 2.52. The summed E-state index contributed by atoms with van der Waals surface area (Å²) in [6.07, 6.45) is 0. The summed E-state index contributed by atoms with van der Waals surface area (Å²) in [4.78, 5) is 27.0. The van der Waals surface area contributed by atoms with Gasteiger partial charge in [-0.05, 0) is 43.2 Å². The summed E-state index contributed by atoms with van der Waals surface area (Å²) in [5.41, 5.74) is 7.04. The predicted molar refractivity (Wildman–Crippen MR) is 113 cm³/mol. The molecule has 0 fully saturated rings. The molecule has 2 aromatic carbocycles. The highest BCUT2D eigenvalue weighted by atomic mass is 35.5. The van der Waals surface area contributed by atoms with Gasteiger partial charge in [0.15, 0.2) is 0 Å². The van der Waals surface area contributed by atoms with Gasteiger partial charge in [-0.2, -0.15) is 0 Å². The van der Waals surface area contributed by atoms with E-state index in [1.165, 1.54) is 0 Å². The molecule has 2 aromatic rings. The van der Waals surface area contributed by atoms with E-state index in [1.54, 1.807) is 36.2 Å². The van der Waals surface area contributed by atoms with E-state index >= 15 is 0 Å². The lowest BCUT2D eigenvalue weighted by molar-refractivity contribution is 0.0883. The van der Waals surface area contributed by atoms with Crippen LogP contribution in [0.1, 0.15) is 41.5 Å². The zero-order valence-electron chi connectivity index (χ0n) is 16.2. The highest BCUT2D eigenvalue weighted by Gasteiger charge is 2.29. The van der Waals surface area contributed by atoms with Gasteiger partial charge in [0, 0.05) is 30.4 Å². The third-order valence-corrected chi connectivity index (χ3v) is 4.92. The molecule has 0 heterocycles. The molecule has 6 heteroatoms. The molecule has 0 aromatic heterocycles. The largest absolute Gasteiger partial charge is 0.345 e. The first-order chi connectivity index (χ1) is 12.3. The van der Waals surface area contributed by atoms with E-state index in [9.17, 15) is 9.59 Å². The number of amides is 2. The second-order valence-corrected chi connectivity index (χ2v) is 7.01. The summed E-state index contributed by atoms with van der Waals surface area (Å²) in [5, 5.41) is 3.00.